The maximum atomic E-state index is 5.34. The second kappa shape index (κ2) is 5.03. The van der Waals surface area contributed by atoms with E-state index in [2.05, 4.69) is 20.4 Å². The van der Waals surface area contributed by atoms with Crippen molar-refractivity contribution in [1.29, 1.82) is 0 Å². The van der Waals surface area contributed by atoms with E-state index >= 15 is 0 Å². The predicted molar refractivity (Wildman–Crippen MR) is 79.3 cm³/mol. The molecule has 0 aliphatic heterocycles. The molecule has 110 valence electrons. The van der Waals surface area contributed by atoms with E-state index < -0.39 is 0 Å². The molecule has 0 aliphatic rings. The first-order valence-corrected chi connectivity index (χ1v) is 6.84. The number of furan rings is 2. The Morgan fingerprint density at radius 3 is 2.77 bits per heavy atom. The number of nitrogens with zero attached hydrogens (tertiary/aromatic N) is 4. The summed E-state index contributed by atoms with van der Waals surface area (Å²) in [6, 6.07) is 9.30. The van der Waals surface area contributed by atoms with Crippen LogP contribution in [0.3, 0.4) is 0 Å². The molecule has 22 heavy (non-hydrogen) atoms. The van der Waals surface area contributed by atoms with Gasteiger partial charge in [-0.05, 0) is 31.2 Å². The van der Waals surface area contributed by atoms with E-state index in [-0.39, 0.29) is 0 Å². The molecular weight excluding hydrogens is 282 g/mol. The second-order valence-corrected chi connectivity index (χ2v) is 4.84. The molecule has 0 aliphatic carbocycles. The van der Waals surface area contributed by atoms with Gasteiger partial charge in [-0.15, -0.1) is 5.10 Å². The van der Waals surface area contributed by atoms with Crippen LogP contribution >= 0.6 is 0 Å². The molecule has 0 amide bonds. The van der Waals surface area contributed by atoms with E-state index in [1.165, 1.54) is 0 Å². The maximum Gasteiger partial charge on any atom is 0.254 e. The fourth-order valence-electron chi connectivity index (χ4n) is 2.21. The molecule has 4 aromatic heterocycles. The van der Waals surface area contributed by atoms with Gasteiger partial charge in [0.05, 0.1) is 19.1 Å². The molecule has 4 heterocycles. The minimum atomic E-state index is 0.504. The Morgan fingerprint density at radius 2 is 2.00 bits per heavy atom. The van der Waals surface area contributed by atoms with Crippen molar-refractivity contribution in [3.63, 3.8) is 0 Å². The molecule has 0 bridgehead atoms. The highest BCUT2D eigenvalue weighted by Gasteiger charge is 2.13. The molecule has 1 N–H and O–H groups in total. The van der Waals surface area contributed by atoms with Crippen LogP contribution in [0.4, 0.5) is 5.82 Å². The molecule has 7 heteroatoms. The van der Waals surface area contributed by atoms with Gasteiger partial charge in [0.25, 0.3) is 5.78 Å². The van der Waals surface area contributed by atoms with Crippen LogP contribution in [0.5, 0.6) is 0 Å². The SMILES string of the molecule is Cc1cc(NCc2ccco2)n2nc(-c3ccco3)nc2n1. The van der Waals surface area contributed by atoms with Crippen LogP contribution in [0.25, 0.3) is 17.4 Å². The van der Waals surface area contributed by atoms with E-state index in [4.69, 9.17) is 8.83 Å². The third kappa shape index (κ3) is 2.22. The van der Waals surface area contributed by atoms with Gasteiger partial charge in [0.15, 0.2) is 5.76 Å². The van der Waals surface area contributed by atoms with Crippen LogP contribution in [0, 0.1) is 6.92 Å². The highest BCUT2D eigenvalue weighted by Crippen LogP contribution is 2.19. The van der Waals surface area contributed by atoms with Crippen LogP contribution < -0.4 is 5.32 Å². The third-order valence-corrected chi connectivity index (χ3v) is 3.21. The van der Waals surface area contributed by atoms with Gasteiger partial charge in [-0.3, -0.25) is 0 Å². The number of nitrogens with one attached hydrogen (secondary N) is 1. The first-order chi connectivity index (χ1) is 10.8. The van der Waals surface area contributed by atoms with Gasteiger partial charge in [0, 0.05) is 11.8 Å². The highest BCUT2D eigenvalue weighted by molar-refractivity contribution is 5.53. The summed E-state index contributed by atoms with van der Waals surface area (Å²) in [5, 5.41) is 7.74. The van der Waals surface area contributed by atoms with Crippen molar-refractivity contribution >= 4 is 11.6 Å². The minimum Gasteiger partial charge on any atom is -0.467 e. The Labute approximate surface area is 125 Å². The van der Waals surface area contributed by atoms with Gasteiger partial charge in [0.2, 0.25) is 5.82 Å². The van der Waals surface area contributed by atoms with Crippen LogP contribution in [0.1, 0.15) is 11.5 Å². The monoisotopic (exact) mass is 295 g/mol. The fourth-order valence-corrected chi connectivity index (χ4v) is 2.21. The number of anilines is 1. The molecule has 0 fully saturated rings. The van der Waals surface area contributed by atoms with Crippen molar-refractivity contribution < 1.29 is 8.83 Å². The Balaban J connectivity index is 1.73. The largest absolute Gasteiger partial charge is 0.467 e. The molecule has 0 unspecified atom stereocenters. The summed E-state index contributed by atoms with van der Waals surface area (Å²) < 4.78 is 12.3. The van der Waals surface area contributed by atoms with Crippen molar-refractivity contribution in [2.75, 3.05) is 5.32 Å². The number of fused-ring (bicyclic) bond motifs is 1. The van der Waals surface area contributed by atoms with Gasteiger partial charge in [-0.2, -0.15) is 9.50 Å². The molecule has 4 aromatic rings. The summed E-state index contributed by atoms with van der Waals surface area (Å²) in [6.45, 7) is 2.47. The van der Waals surface area contributed by atoms with E-state index in [1.807, 2.05) is 31.2 Å². The average Bonchev–Trinajstić information content (AvgIpc) is 3.24. The molecule has 7 nitrogen and oxygen atoms in total. The summed E-state index contributed by atoms with van der Waals surface area (Å²) in [4.78, 5) is 8.80. The van der Waals surface area contributed by atoms with Crippen molar-refractivity contribution in [2.24, 2.45) is 0 Å². The first kappa shape index (κ1) is 12.6. The number of rotatable bonds is 4. The zero-order chi connectivity index (χ0) is 14.9. The lowest BCUT2D eigenvalue weighted by Gasteiger charge is -2.06. The topological polar surface area (TPSA) is 81.4 Å². The molecule has 0 aromatic carbocycles. The molecule has 0 atom stereocenters. The summed E-state index contributed by atoms with van der Waals surface area (Å²) in [7, 11) is 0. The van der Waals surface area contributed by atoms with Gasteiger partial charge in [-0.25, -0.2) is 4.98 Å². The smallest absolute Gasteiger partial charge is 0.254 e. The van der Waals surface area contributed by atoms with Crippen molar-refractivity contribution in [3.05, 3.63) is 54.3 Å². The fraction of sp³-hybridized carbons (Fsp3) is 0.133. The van der Waals surface area contributed by atoms with Gasteiger partial charge < -0.3 is 14.2 Å². The van der Waals surface area contributed by atoms with Crippen molar-refractivity contribution in [3.8, 4) is 11.6 Å². The number of hydrogen-bond acceptors (Lipinski definition) is 6. The zero-order valence-electron chi connectivity index (χ0n) is 11.9. The van der Waals surface area contributed by atoms with Gasteiger partial charge >= 0.3 is 0 Å². The lowest BCUT2D eigenvalue weighted by molar-refractivity contribution is 0.517. The minimum absolute atomic E-state index is 0.504. The quantitative estimate of drug-likeness (QED) is 0.623. The number of aromatic nitrogens is 4. The van der Waals surface area contributed by atoms with E-state index in [9.17, 15) is 0 Å². The standard InChI is InChI=1S/C15H13N5O2/c1-10-8-13(16-9-11-4-2-6-21-11)20-15(17-10)18-14(19-20)12-5-3-7-22-12/h2-8,16H,9H2,1H3. The summed E-state index contributed by atoms with van der Waals surface area (Å²) in [5.41, 5.74) is 0.854. The Hall–Kier alpha value is -3.09. The summed E-state index contributed by atoms with van der Waals surface area (Å²) in [6.07, 6.45) is 3.24. The van der Waals surface area contributed by atoms with E-state index in [0.29, 0.717) is 23.9 Å². The molecule has 0 spiro atoms. The molecule has 0 saturated carbocycles. The van der Waals surface area contributed by atoms with E-state index in [0.717, 1.165) is 17.3 Å². The summed E-state index contributed by atoms with van der Waals surface area (Å²) in [5.74, 6) is 3.27. The predicted octanol–water partition coefficient (Wildman–Crippen LogP) is 2.90. The first-order valence-electron chi connectivity index (χ1n) is 6.84. The van der Waals surface area contributed by atoms with Crippen molar-refractivity contribution in [2.45, 2.75) is 13.5 Å². The Kier molecular flexibility index (Phi) is 2.89. The summed E-state index contributed by atoms with van der Waals surface area (Å²) >= 11 is 0. The van der Waals surface area contributed by atoms with E-state index in [1.54, 1.807) is 23.1 Å². The molecule has 0 saturated heterocycles. The lowest BCUT2D eigenvalue weighted by atomic mass is 10.4. The zero-order valence-corrected chi connectivity index (χ0v) is 11.9. The lowest BCUT2D eigenvalue weighted by Crippen LogP contribution is -2.06. The van der Waals surface area contributed by atoms with Gasteiger partial charge in [-0.1, -0.05) is 0 Å². The van der Waals surface area contributed by atoms with Crippen LogP contribution in [0.15, 0.2) is 51.7 Å². The van der Waals surface area contributed by atoms with Crippen molar-refractivity contribution in [1.82, 2.24) is 19.6 Å². The Morgan fingerprint density at radius 1 is 1.14 bits per heavy atom. The van der Waals surface area contributed by atoms with Crippen LogP contribution in [-0.4, -0.2) is 19.6 Å². The maximum absolute atomic E-state index is 5.34. The third-order valence-electron chi connectivity index (χ3n) is 3.21. The highest BCUT2D eigenvalue weighted by atomic mass is 16.3. The molecule has 0 radical (unpaired) electrons. The second-order valence-electron chi connectivity index (χ2n) is 4.84. The Bertz CT molecular complexity index is 894. The molecular formula is C15H13N5O2. The molecule has 4 rings (SSSR count). The van der Waals surface area contributed by atoms with Crippen LogP contribution in [0.2, 0.25) is 0 Å². The number of aryl methyl sites for hydroxylation is 1. The van der Waals surface area contributed by atoms with Crippen LogP contribution in [-0.2, 0) is 6.54 Å². The number of hydrogen-bond donors (Lipinski definition) is 1. The normalized spacial score (nSPS) is 11.1. The van der Waals surface area contributed by atoms with Gasteiger partial charge in [0.1, 0.15) is 11.6 Å². The average molecular weight is 295 g/mol.